The molecule has 4 saturated carbocycles. The summed E-state index contributed by atoms with van der Waals surface area (Å²) >= 11 is 0. The second-order valence-electron chi connectivity index (χ2n) is 11.2. The topological polar surface area (TPSA) is 79.2 Å². The van der Waals surface area contributed by atoms with Gasteiger partial charge in [0.05, 0.1) is 0 Å². The Morgan fingerprint density at radius 2 is 1.73 bits per heavy atom. The van der Waals surface area contributed by atoms with Crippen LogP contribution in [-0.2, 0) is 13.1 Å². The van der Waals surface area contributed by atoms with Crippen molar-refractivity contribution >= 4 is 11.2 Å². The minimum atomic E-state index is -0.196. The molecule has 5 atom stereocenters. The van der Waals surface area contributed by atoms with Crippen molar-refractivity contribution in [3.8, 4) is 0 Å². The van der Waals surface area contributed by atoms with Crippen molar-refractivity contribution in [1.29, 1.82) is 0 Å². The Morgan fingerprint density at radius 1 is 0.939 bits per heavy atom. The lowest BCUT2D eigenvalue weighted by atomic mass is 9.75. The van der Waals surface area contributed by atoms with Gasteiger partial charge in [0.1, 0.15) is 11.3 Å². The van der Waals surface area contributed by atoms with E-state index in [0.717, 1.165) is 63.2 Å². The summed E-state index contributed by atoms with van der Waals surface area (Å²) in [6.07, 6.45) is 6.99. The third-order valence-electron chi connectivity index (χ3n) is 9.15. The van der Waals surface area contributed by atoms with Crippen LogP contribution in [0, 0.1) is 23.7 Å². The van der Waals surface area contributed by atoms with Crippen molar-refractivity contribution in [2.75, 3.05) is 39.8 Å². The Balaban J connectivity index is 1.32. The molecule has 5 unspecified atom stereocenters. The van der Waals surface area contributed by atoms with Crippen LogP contribution in [-0.4, -0.2) is 68.7 Å². The zero-order valence-electron chi connectivity index (χ0n) is 20.1. The van der Waals surface area contributed by atoms with E-state index in [9.17, 15) is 9.59 Å². The molecule has 180 valence electrons. The number of aromatic nitrogens is 4. The molecule has 2 aromatic heterocycles. The van der Waals surface area contributed by atoms with Gasteiger partial charge >= 0.3 is 5.69 Å². The van der Waals surface area contributed by atoms with Gasteiger partial charge in [0.2, 0.25) is 0 Å². The van der Waals surface area contributed by atoms with Crippen molar-refractivity contribution in [2.24, 2.45) is 23.7 Å². The molecule has 1 aliphatic heterocycles. The smallest absolute Gasteiger partial charge is 0.332 e. The number of likely N-dealkylation sites (N-methyl/N-ethyl adjacent to an activating group) is 1. The predicted molar refractivity (Wildman–Crippen MR) is 129 cm³/mol. The molecule has 4 aliphatic carbocycles. The van der Waals surface area contributed by atoms with Gasteiger partial charge in [0.15, 0.2) is 5.65 Å². The molecule has 0 aromatic carbocycles. The number of H-pyrrole nitrogens is 1. The number of piperazine rings is 1. The summed E-state index contributed by atoms with van der Waals surface area (Å²) in [5.74, 6) is 4.58. The maximum atomic E-state index is 13.4. The minimum absolute atomic E-state index is 0.195. The van der Waals surface area contributed by atoms with Crippen LogP contribution in [0.1, 0.15) is 57.2 Å². The van der Waals surface area contributed by atoms with Gasteiger partial charge in [-0.25, -0.2) is 9.78 Å². The first-order chi connectivity index (χ1) is 16.0. The van der Waals surface area contributed by atoms with Gasteiger partial charge in [-0.15, -0.1) is 0 Å². The Hall–Kier alpha value is -1.93. The summed E-state index contributed by atoms with van der Waals surface area (Å²) in [6, 6.07) is 0. The van der Waals surface area contributed by atoms with Crippen LogP contribution >= 0.6 is 0 Å². The minimum Gasteiger partial charge on any atom is -0.336 e. The van der Waals surface area contributed by atoms with Gasteiger partial charge in [-0.2, -0.15) is 0 Å². The lowest BCUT2D eigenvalue weighted by Gasteiger charge is -2.32. The number of rotatable bonds is 7. The summed E-state index contributed by atoms with van der Waals surface area (Å²) in [6.45, 7) is 8.40. The van der Waals surface area contributed by atoms with Gasteiger partial charge < -0.3 is 14.8 Å². The van der Waals surface area contributed by atoms with Gasteiger partial charge in [0.25, 0.3) is 5.56 Å². The van der Waals surface area contributed by atoms with E-state index in [1.807, 2.05) is 6.92 Å². The van der Waals surface area contributed by atoms with Crippen molar-refractivity contribution in [3.05, 3.63) is 26.7 Å². The number of aromatic amines is 1. The fraction of sp³-hybridized carbons (Fsp3) is 0.800. The van der Waals surface area contributed by atoms with Crippen molar-refractivity contribution in [1.82, 2.24) is 28.9 Å². The van der Waals surface area contributed by atoms with Crippen LogP contribution in [0.2, 0.25) is 0 Å². The first kappa shape index (κ1) is 21.6. The predicted octanol–water partition coefficient (Wildman–Crippen LogP) is 2.08. The lowest BCUT2D eigenvalue weighted by Crippen LogP contribution is -2.45. The molecular formula is C25H38N6O2. The van der Waals surface area contributed by atoms with Crippen LogP contribution in [0.4, 0.5) is 0 Å². The summed E-state index contributed by atoms with van der Waals surface area (Å²) in [5, 5.41) is 0. The molecule has 0 radical (unpaired) electrons. The number of imidazole rings is 1. The Labute approximate surface area is 195 Å². The highest BCUT2D eigenvalue weighted by Crippen LogP contribution is 2.63. The number of fused-ring (bicyclic) bond motifs is 1. The Kier molecular flexibility index (Phi) is 5.48. The van der Waals surface area contributed by atoms with Crippen molar-refractivity contribution in [2.45, 2.75) is 64.5 Å². The van der Waals surface area contributed by atoms with Gasteiger partial charge in [-0.1, -0.05) is 6.92 Å². The molecular weight excluding hydrogens is 416 g/mol. The monoisotopic (exact) mass is 454 g/mol. The van der Waals surface area contributed by atoms with Crippen LogP contribution in [0.25, 0.3) is 11.2 Å². The second kappa shape index (κ2) is 8.38. The van der Waals surface area contributed by atoms with Gasteiger partial charge in [0, 0.05) is 45.2 Å². The lowest BCUT2D eigenvalue weighted by molar-refractivity contribution is 0.151. The molecule has 33 heavy (non-hydrogen) atoms. The zero-order valence-corrected chi connectivity index (χ0v) is 20.1. The second-order valence-corrected chi connectivity index (χ2v) is 11.2. The van der Waals surface area contributed by atoms with Crippen LogP contribution in [0.15, 0.2) is 9.59 Å². The number of nitrogens with zero attached hydrogens (tertiary/aromatic N) is 5. The van der Waals surface area contributed by atoms with E-state index in [2.05, 4.69) is 21.8 Å². The third kappa shape index (κ3) is 3.60. The van der Waals surface area contributed by atoms with E-state index < -0.39 is 0 Å². The summed E-state index contributed by atoms with van der Waals surface area (Å²) in [4.78, 5) is 39.9. The maximum absolute atomic E-state index is 13.4. The zero-order chi connectivity index (χ0) is 22.7. The van der Waals surface area contributed by atoms with Gasteiger partial charge in [-0.3, -0.25) is 13.9 Å². The summed E-state index contributed by atoms with van der Waals surface area (Å²) in [7, 11) is 2.17. The molecule has 3 heterocycles. The molecule has 2 aromatic rings. The number of aryl methyl sites for hydroxylation is 1. The molecule has 1 saturated heterocycles. The third-order valence-corrected chi connectivity index (χ3v) is 9.15. The average molecular weight is 455 g/mol. The molecule has 8 heteroatoms. The first-order valence-corrected chi connectivity index (χ1v) is 13.2. The van der Waals surface area contributed by atoms with E-state index in [1.165, 1.54) is 30.3 Å². The quantitative estimate of drug-likeness (QED) is 0.693. The highest BCUT2D eigenvalue weighted by Gasteiger charge is 2.55. The number of hydrogen-bond acceptors (Lipinski definition) is 5. The largest absolute Gasteiger partial charge is 0.336 e. The van der Waals surface area contributed by atoms with Crippen LogP contribution < -0.4 is 11.2 Å². The van der Waals surface area contributed by atoms with Crippen LogP contribution in [0.5, 0.6) is 0 Å². The summed E-state index contributed by atoms with van der Waals surface area (Å²) < 4.78 is 3.21. The molecule has 0 spiro atoms. The molecule has 7 rings (SSSR count). The molecule has 5 aliphatic rings. The van der Waals surface area contributed by atoms with E-state index in [-0.39, 0.29) is 11.2 Å². The molecule has 8 nitrogen and oxygen atoms in total. The molecule has 0 amide bonds. The highest BCUT2D eigenvalue weighted by atomic mass is 16.2. The normalized spacial score (nSPS) is 31.9. The van der Waals surface area contributed by atoms with Crippen molar-refractivity contribution < 1.29 is 0 Å². The standard InChI is InChI=1S/C25H38N6O2/c1-3-5-31-24(32)21-23(30(25(31)33)7-4-6-29-10-8-28(2)9-11-29)27-22(26-21)20-18-13-16-12-17(15-18)19(20)14-16/h16-20H,3-15H2,1-2H3,(H,26,27). The van der Waals surface area contributed by atoms with E-state index in [4.69, 9.17) is 4.98 Å². The maximum Gasteiger partial charge on any atom is 0.332 e. The SMILES string of the molecule is CCCn1c(=O)c2[nH]c(C3C4CC5CC(C4)C3C5)nc2n(CCCN2CCN(C)CC2)c1=O. The number of nitrogens with one attached hydrogen (secondary N) is 1. The van der Waals surface area contributed by atoms with E-state index >= 15 is 0 Å². The van der Waals surface area contributed by atoms with E-state index in [1.54, 1.807) is 4.57 Å². The fourth-order valence-corrected chi connectivity index (χ4v) is 7.65. The Bertz CT molecular complexity index is 1140. The van der Waals surface area contributed by atoms with Crippen molar-refractivity contribution in [3.63, 3.8) is 0 Å². The molecule has 1 N–H and O–H groups in total. The number of hydrogen-bond donors (Lipinski definition) is 1. The molecule has 5 fully saturated rings. The average Bonchev–Trinajstić information content (AvgIpc) is 3.43. The van der Waals surface area contributed by atoms with Crippen LogP contribution in [0.3, 0.4) is 0 Å². The fourth-order valence-electron chi connectivity index (χ4n) is 7.65. The molecule has 4 bridgehead atoms. The first-order valence-electron chi connectivity index (χ1n) is 13.2. The van der Waals surface area contributed by atoms with E-state index in [0.29, 0.717) is 42.0 Å². The summed E-state index contributed by atoms with van der Waals surface area (Å²) in [5.41, 5.74) is 0.732. The Morgan fingerprint density at radius 3 is 2.48 bits per heavy atom. The highest BCUT2D eigenvalue weighted by molar-refractivity contribution is 5.70. The van der Waals surface area contributed by atoms with Gasteiger partial charge in [-0.05, 0) is 75.8 Å².